The molecule has 132 valence electrons. The Morgan fingerprint density at radius 1 is 1.17 bits per heavy atom. The second kappa shape index (κ2) is 7.66. The molecule has 2 saturated heterocycles. The minimum Gasteiger partial charge on any atom is -0.395 e. The molecule has 1 atom stereocenters. The van der Waals surface area contributed by atoms with Crippen molar-refractivity contribution in [2.75, 3.05) is 39.3 Å². The third kappa shape index (κ3) is 3.98. The summed E-state index contributed by atoms with van der Waals surface area (Å²) in [5.41, 5.74) is 1.70. The average Bonchev–Trinajstić information content (AvgIpc) is 2.61. The van der Waals surface area contributed by atoms with Crippen LogP contribution in [-0.4, -0.2) is 60.1 Å². The first-order valence-electron chi connectivity index (χ1n) is 9.28. The van der Waals surface area contributed by atoms with E-state index in [1.54, 1.807) is 0 Å². The van der Waals surface area contributed by atoms with Crippen LogP contribution in [0, 0.1) is 5.41 Å². The summed E-state index contributed by atoms with van der Waals surface area (Å²) in [5, 5.41) is 9.17. The maximum Gasteiger partial charge on any atom is 0.222 e. The van der Waals surface area contributed by atoms with Gasteiger partial charge >= 0.3 is 0 Å². The Bertz CT molecular complexity index is 538. The Morgan fingerprint density at radius 3 is 2.54 bits per heavy atom. The number of carbonyl (C=O) groups excluding carboxylic acids is 1. The van der Waals surface area contributed by atoms with E-state index in [1.807, 2.05) is 4.90 Å². The zero-order chi connectivity index (χ0) is 17.0. The molecule has 1 aromatic rings. The van der Waals surface area contributed by atoms with Crippen LogP contribution in [0.3, 0.4) is 0 Å². The lowest BCUT2D eigenvalue weighted by molar-refractivity contribution is -0.139. The van der Waals surface area contributed by atoms with Crippen LogP contribution in [-0.2, 0) is 4.79 Å². The van der Waals surface area contributed by atoms with Crippen LogP contribution < -0.4 is 0 Å². The molecular formula is C20H30N2O2. The molecule has 2 aliphatic heterocycles. The first kappa shape index (κ1) is 17.4. The van der Waals surface area contributed by atoms with Gasteiger partial charge in [-0.05, 0) is 49.2 Å². The summed E-state index contributed by atoms with van der Waals surface area (Å²) in [5.74, 6) is 0.772. The molecule has 1 spiro atoms. The van der Waals surface area contributed by atoms with E-state index >= 15 is 0 Å². The Balaban J connectivity index is 1.53. The van der Waals surface area contributed by atoms with Crippen LogP contribution in [0.25, 0.3) is 0 Å². The van der Waals surface area contributed by atoms with E-state index < -0.39 is 0 Å². The van der Waals surface area contributed by atoms with Crippen molar-refractivity contribution < 1.29 is 9.90 Å². The number of hydrogen-bond donors (Lipinski definition) is 1. The van der Waals surface area contributed by atoms with Crippen LogP contribution in [0.4, 0.5) is 0 Å². The summed E-state index contributed by atoms with van der Waals surface area (Å²) in [7, 11) is 0. The van der Waals surface area contributed by atoms with Crippen molar-refractivity contribution in [3.63, 3.8) is 0 Å². The third-order valence-electron chi connectivity index (χ3n) is 5.94. The molecule has 0 radical (unpaired) electrons. The topological polar surface area (TPSA) is 43.8 Å². The van der Waals surface area contributed by atoms with Gasteiger partial charge in [-0.25, -0.2) is 0 Å². The van der Waals surface area contributed by atoms with Gasteiger partial charge in [-0.15, -0.1) is 0 Å². The Morgan fingerprint density at radius 2 is 1.88 bits per heavy atom. The van der Waals surface area contributed by atoms with Gasteiger partial charge in [0.2, 0.25) is 5.91 Å². The number of aliphatic hydroxyl groups excluding tert-OH is 1. The number of hydrogen-bond acceptors (Lipinski definition) is 3. The van der Waals surface area contributed by atoms with E-state index in [-0.39, 0.29) is 17.9 Å². The molecule has 0 aromatic heterocycles. The number of nitrogens with zero attached hydrogens (tertiary/aromatic N) is 2. The van der Waals surface area contributed by atoms with Gasteiger partial charge in [0, 0.05) is 26.1 Å². The molecule has 4 nitrogen and oxygen atoms in total. The van der Waals surface area contributed by atoms with Crippen molar-refractivity contribution in [3.8, 4) is 0 Å². The largest absolute Gasteiger partial charge is 0.395 e. The van der Waals surface area contributed by atoms with E-state index in [9.17, 15) is 9.90 Å². The highest BCUT2D eigenvalue weighted by molar-refractivity contribution is 5.77. The number of likely N-dealkylation sites (tertiary alicyclic amines) is 2. The maximum atomic E-state index is 12.0. The van der Waals surface area contributed by atoms with Crippen LogP contribution in [0.2, 0.25) is 0 Å². The number of benzene rings is 1. The van der Waals surface area contributed by atoms with E-state index in [0.29, 0.717) is 18.9 Å². The number of β-amino-alcohol motifs (C(OH)–C–C–N with tert-alkyl or cyclic N) is 1. The number of piperidine rings is 2. The van der Waals surface area contributed by atoms with E-state index in [0.717, 1.165) is 32.6 Å². The van der Waals surface area contributed by atoms with Crippen LogP contribution in [0.15, 0.2) is 30.3 Å². The van der Waals surface area contributed by atoms with Gasteiger partial charge in [0.25, 0.3) is 0 Å². The minimum absolute atomic E-state index is 0.0720. The van der Waals surface area contributed by atoms with Gasteiger partial charge in [-0.1, -0.05) is 37.3 Å². The second-order valence-corrected chi connectivity index (χ2v) is 7.65. The molecule has 0 bridgehead atoms. The highest BCUT2D eigenvalue weighted by Crippen LogP contribution is 2.40. The van der Waals surface area contributed by atoms with Crippen molar-refractivity contribution in [1.82, 2.24) is 9.80 Å². The molecule has 0 aliphatic carbocycles. The molecule has 1 amide bonds. The lowest BCUT2D eigenvalue weighted by Crippen LogP contribution is -2.52. The lowest BCUT2D eigenvalue weighted by atomic mass is 9.72. The normalized spacial score (nSPS) is 22.8. The van der Waals surface area contributed by atoms with Gasteiger partial charge in [0.15, 0.2) is 0 Å². The molecule has 3 rings (SSSR count). The van der Waals surface area contributed by atoms with E-state index in [1.165, 1.54) is 18.4 Å². The smallest absolute Gasteiger partial charge is 0.222 e. The first-order valence-corrected chi connectivity index (χ1v) is 9.28. The van der Waals surface area contributed by atoms with Gasteiger partial charge in [-0.2, -0.15) is 0 Å². The van der Waals surface area contributed by atoms with Crippen molar-refractivity contribution >= 4 is 5.91 Å². The van der Waals surface area contributed by atoms with Gasteiger partial charge in [-0.3, -0.25) is 4.79 Å². The van der Waals surface area contributed by atoms with E-state index in [4.69, 9.17) is 0 Å². The first-order chi connectivity index (χ1) is 11.6. The third-order valence-corrected chi connectivity index (χ3v) is 5.94. The number of amides is 1. The zero-order valence-electron chi connectivity index (χ0n) is 14.8. The van der Waals surface area contributed by atoms with Crippen LogP contribution >= 0.6 is 0 Å². The van der Waals surface area contributed by atoms with Gasteiger partial charge in [0.05, 0.1) is 6.61 Å². The number of carbonyl (C=O) groups is 1. The molecule has 2 heterocycles. The summed E-state index contributed by atoms with van der Waals surface area (Å²) in [6, 6.07) is 10.7. The van der Waals surface area contributed by atoms with Crippen LogP contribution in [0.5, 0.6) is 0 Å². The molecule has 24 heavy (non-hydrogen) atoms. The summed E-state index contributed by atoms with van der Waals surface area (Å²) in [6.07, 6.45) is 4.02. The maximum absolute atomic E-state index is 12.0. The van der Waals surface area contributed by atoms with Gasteiger partial charge in [0.1, 0.15) is 0 Å². The molecular weight excluding hydrogens is 300 g/mol. The molecule has 2 fully saturated rings. The lowest BCUT2D eigenvalue weighted by Gasteiger charge is -2.47. The second-order valence-electron chi connectivity index (χ2n) is 7.65. The summed E-state index contributed by atoms with van der Waals surface area (Å²) >= 11 is 0. The molecule has 4 heteroatoms. The Hall–Kier alpha value is -1.39. The Kier molecular flexibility index (Phi) is 5.57. The quantitative estimate of drug-likeness (QED) is 0.902. The van der Waals surface area contributed by atoms with Crippen molar-refractivity contribution in [3.05, 3.63) is 35.9 Å². The standard InChI is InChI=1S/C20H30N2O2/c1-17(18-5-3-2-4-6-18)15-21-11-9-20(10-12-21)8-7-19(24)22(16-20)13-14-23/h2-6,17,23H,7-16H2,1H3/t17-/m1/s1. The van der Waals surface area contributed by atoms with Crippen molar-refractivity contribution in [1.29, 1.82) is 0 Å². The van der Waals surface area contributed by atoms with Crippen molar-refractivity contribution in [2.45, 2.75) is 38.5 Å². The minimum atomic E-state index is 0.0720. The highest BCUT2D eigenvalue weighted by Gasteiger charge is 2.40. The Labute approximate surface area is 145 Å². The molecule has 1 aromatic carbocycles. The summed E-state index contributed by atoms with van der Waals surface area (Å²) < 4.78 is 0. The van der Waals surface area contributed by atoms with Crippen molar-refractivity contribution in [2.24, 2.45) is 5.41 Å². The summed E-state index contributed by atoms with van der Waals surface area (Å²) in [4.78, 5) is 16.4. The fraction of sp³-hybridized carbons (Fsp3) is 0.650. The highest BCUT2D eigenvalue weighted by atomic mass is 16.3. The zero-order valence-corrected chi connectivity index (χ0v) is 14.8. The monoisotopic (exact) mass is 330 g/mol. The van der Waals surface area contributed by atoms with E-state index in [2.05, 4.69) is 42.2 Å². The fourth-order valence-corrected chi connectivity index (χ4v) is 4.32. The number of rotatable bonds is 5. The predicted octanol–water partition coefficient (Wildman–Crippen LogP) is 2.49. The summed E-state index contributed by atoms with van der Waals surface area (Å²) in [6.45, 7) is 7.07. The molecule has 0 saturated carbocycles. The van der Waals surface area contributed by atoms with Gasteiger partial charge < -0.3 is 14.9 Å². The molecule has 2 aliphatic rings. The average molecular weight is 330 g/mol. The molecule has 1 N–H and O–H groups in total. The fourth-order valence-electron chi connectivity index (χ4n) is 4.32. The number of aliphatic hydroxyl groups is 1. The SMILES string of the molecule is C[C@H](CN1CCC2(CCC(=O)N(CCO)C2)CC1)c1ccccc1. The van der Waals surface area contributed by atoms with Crippen LogP contribution in [0.1, 0.15) is 44.1 Å². The molecule has 0 unspecified atom stereocenters. The predicted molar refractivity (Wildman–Crippen MR) is 95.9 cm³/mol.